The number of rotatable bonds is 4. The van der Waals surface area contributed by atoms with E-state index in [1.165, 1.54) is 12.0 Å². The second-order valence-electron chi connectivity index (χ2n) is 9.08. The highest BCUT2D eigenvalue weighted by molar-refractivity contribution is 5.88. The first-order valence-corrected chi connectivity index (χ1v) is 11.7. The van der Waals surface area contributed by atoms with Crippen LogP contribution in [0.1, 0.15) is 11.1 Å². The molecule has 2 aromatic rings. The van der Waals surface area contributed by atoms with Crippen LogP contribution in [-0.4, -0.2) is 55.9 Å². The van der Waals surface area contributed by atoms with Crippen molar-refractivity contribution in [2.45, 2.75) is 20.0 Å². The molecule has 0 N–H and O–H groups in total. The van der Waals surface area contributed by atoms with Gasteiger partial charge in [0.1, 0.15) is 17.0 Å². The molecule has 2 aliphatic heterocycles. The van der Waals surface area contributed by atoms with Gasteiger partial charge in [0.25, 0.3) is 0 Å². The Morgan fingerprint density at radius 1 is 1.03 bits per heavy atom. The van der Waals surface area contributed by atoms with Crippen LogP contribution in [0.3, 0.4) is 0 Å². The summed E-state index contributed by atoms with van der Waals surface area (Å²) >= 11 is 0. The molecule has 0 saturated carbocycles. The van der Waals surface area contributed by atoms with E-state index in [9.17, 15) is 18.0 Å². The Morgan fingerprint density at radius 3 is 2.44 bits per heavy atom. The fourth-order valence-electron chi connectivity index (χ4n) is 4.77. The molecule has 9 heteroatoms. The van der Waals surface area contributed by atoms with Gasteiger partial charge >= 0.3 is 6.18 Å². The maximum Gasteiger partial charge on any atom is 0.401 e. The standard InChI is InChI=1S/C27H26F3N3O3/c1-16-17(2)25(34)23(26-24(16)31-20-6-4-5-7-21(20)36-26)19-9-8-18(14-22(19)35-3)33-12-10-32(11-13-33)15-27(28,29)30/h4-9,14H,10-13,15H2,1-3H3. The number of benzene rings is 3. The molecule has 6 nitrogen and oxygen atoms in total. The molecule has 0 radical (unpaired) electrons. The summed E-state index contributed by atoms with van der Waals surface area (Å²) in [5.41, 5.74) is 4.86. The lowest BCUT2D eigenvalue weighted by atomic mass is 9.93. The van der Waals surface area contributed by atoms with Crippen LogP contribution in [0.2, 0.25) is 0 Å². The van der Waals surface area contributed by atoms with Crippen molar-refractivity contribution in [2.75, 3.05) is 44.7 Å². The number of hydrogen-bond donors (Lipinski definition) is 0. The summed E-state index contributed by atoms with van der Waals surface area (Å²) in [6, 6.07) is 12.9. The third-order valence-corrected chi connectivity index (χ3v) is 6.83. The molecule has 0 aromatic heterocycles. The summed E-state index contributed by atoms with van der Waals surface area (Å²) in [4.78, 5) is 21.7. The average Bonchev–Trinajstić information content (AvgIpc) is 2.86. The third-order valence-electron chi connectivity index (χ3n) is 6.83. The van der Waals surface area contributed by atoms with Crippen molar-refractivity contribution in [1.82, 2.24) is 9.88 Å². The van der Waals surface area contributed by atoms with Crippen LogP contribution < -0.4 is 15.1 Å². The maximum absolute atomic E-state index is 13.5. The van der Waals surface area contributed by atoms with E-state index in [4.69, 9.17) is 14.1 Å². The number of halogens is 3. The second kappa shape index (κ2) is 9.13. The lowest BCUT2D eigenvalue weighted by Crippen LogP contribution is -2.49. The number of alkyl halides is 3. The number of ether oxygens (including phenoxy) is 1. The van der Waals surface area contributed by atoms with E-state index in [2.05, 4.69) is 0 Å². The third kappa shape index (κ3) is 4.39. The smallest absolute Gasteiger partial charge is 0.401 e. The monoisotopic (exact) mass is 497 g/mol. The van der Waals surface area contributed by atoms with Crippen molar-refractivity contribution >= 4 is 16.8 Å². The number of nitrogens with zero attached hydrogens (tertiary/aromatic N) is 3. The van der Waals surface area contributed by atoms with Crippen LogP contribution in [0.25, 0.3) is 33.7 Å². The van der Waals surface area contributed by atoms with Crippen molar-refractivity contribution in [1.29, 1.82) is 0 Å². The van der Waals surface area contributed by atoms with Crippen molar-refractivity contribution in [3.63, 3.8) is 0 Å². The summed E-state index contributed by atoms with van der Waals surface area (Å²) in [7, 11) is 1.53. The fourth-order valence-corrected chi connectivity index (χ4v) is 4.77. The highest BCUT2D eigenvalue weighted by Crippen LogP contribution is 2.40. The SMILES string of the molecule is COc1cc(N2CCN(CC(F)(F)F)CC2)ccc1-c1c2oc3ccccc3nc-2c(C)c(C)c1=O. The molecular formula is C27H26F3N3O3. The summed E-state index contributed by atoms with van der Waals surface area (Å²) < 4.78 is 50.1. The van der Waals surface area contributed by atoms with Crippen molar-refractivity contribution in [3.8, 4) is 28.3 Å². The summed E-state index contributed by atoms with van der Waals surface area (Å²) in [5.74, 6) is 0.879. The lowest BCUT2D eigenvalue weighted by Gasteiger charge is -2.36. The Kier molecular flexibility index (Phi) is 6.12. The van der Waals surface area contributed by atoms with Gasteiger partial charge in [-0.25, -0.2) is 4.98 Å². The first kappa shape index (κ1) is 24.1. The normalized spacial score (nSPS) is 15.1. The van der Waals surface area contributed by atoms with Gasteiger partial charge in [-0.15, -0.1) is 0 Å². The molecule has 3 aliphatic rings. The van der Waals surface area contributed by atoms with Crippen LogP contribution in [0.4, 0.5) is 18.9 Å². The molecule has 188 valence electrons. The van der Waals surface area contributed by atoms with Crippen LogP contribution in [0.5, 0.6) is 5.75 Å². The van der Waals surface area contributed by atoms with E-state index in [1.54, 1.807) is 6.92 Å². The van der Waals surface area contributed by atoms with E-state index in [0.717, 1.165) is 11.3 Å². The molecule has 2 aromatic carbocycles. The predicted molar refractivity (Wildman–Crippen MR) is 133 cm³/mol. The molecule has 2 heterocycles. The molecule has 0 atom stereocenters. The van der Waals surface area contributed by atoms with Gasteiger partial charge in [-0.1, -0.05) is 12.1 Å². The average molecular weight is 498 g/mol. The van der Waals surface area contributed by atoms with Crippen LogP contribution in [-0.2, 0) is 0 Å². The lowest BCUT2D eigenvalue weighted by molar-refractivity contribution is -0.146. The molecular weight excluding hydrogens is 471 g/mol. The maximum atomic E-state index is 13.5. The minimum atomic E-state index is -4.21. The molecule has 1 aliphatic carbocycles. The molecule has 36 heavy (non-hydrogen) atoms. The number of hydrogen-bond acceptors (Lipinski definition) is 6. The Labute approximate surface area is 206 Å². The quantitative estimate of drug-likeness (QED) is 0.358. The first-order chi connectivity index (χ1) is 17.2. The van der Waals surface area contributed by atoms with E-state index in [0.29, 0.717) is 71.2 Å². The molecule has 5 rings (SSSR count). The Morgan fingerprint density at radius 2 is 1.75 bits per heavy atom. The summed E-state index contributed by atoms with van der Waals surface area (Å²) in [6.07, 6.45) is -4.21. The fraction of sp³-hybridized carbons (Fsp3) is 0.333. The van der Waals surface area contributed by atoms with Gasteiger partial charge in [0, 0.05) is 49.1 Å². The molecule has 0 amide bonds. The Hall–Kier alpha value is -3.59. The van der Waals surface area contributed by atoms with E-state index < -0.39 is 12.7 Å². The van der Waals surface area contributed by atoms with Crippen molar-refractivity contribution < 1.29 is 22.3 Å². The topological polar surface area (TPSA) is 58.8 Å². The number of para-hydroxylation sites is 2. The van der Waals surface area contributed by atoms with Crippen molar-refractivity contribution in [2.24, 2.45) is 0 Å². The van der Waals surface area contributed by atoms with Crippen LogP contribution in [0, 0.1) is 13.8 Å². The van der Waals surface area contributed by atoms with Gasteiger partial charge in [0.05, 0.1) is 19.2 Å². The molecule has 1 fully saturated rings. The van der Waals surface area contributed by atoms with Gasteiger partial charge in [0.15, 0.2) is 16.8 Å². The predicted octanol–water partition coefficient (Wildman–Crippen LogP) is 5.27. The Balaban J connectivity index is 1.56. The van der Waals surface area contributed by atoms with Crippen LogP contribution >= 0.6 is 0 Å². The van der Waals surface area contributed by atoms with Gasteiger partial charge < -0.3 is 14.1 Å². The summed E-state index contributed by atoms with van der Waals surface area (Å²) in [6.45, 7) is 4.28. The zero-order chi connectivity index (χ0) is 25.6. The Bertz CT molecular complexity index is 1460. The number of piperazine rings is 1. The highest BCUT2D eigenvalue weighted by atomic mass is 19.4. The van der Waals surface area contributed by atoms with Crippen LogP contribution in [0.15, 0.2) is 51.7 Å². The van der Waals surface area contributed by atoms with Gasteiger partial charge in [-0.05, 0) is 43.7 Å². The second-order valence-corrected chi connectivity index (χ2v) is 9.08. The van der Waals surface area contributed by atoms with E-state index in [-0.39, 0.29) is 5.43 Å². The molecule has 0 unspecified atom stereocenters. The number of methoxy groups -OCH3 is 1. The van der Waals surface area contributed by atoms with Gasteiger partial charge in [-0.3, -0.25) is 9.69 Å². The van der Waals surface area contributed by atoms with E-state index >= 15 is 0 Å². The van der Waals surface area contributed by atoms with Gasteiger partial charge in [-0.2, -0.15) is 13.2 Å². The number of fused-ring (bicyclic) bond motifs is 2. The summed E-state index contributed by atoms with van der Waals surface area (Å²) in [5, 5.41) is 0. The molecule has 0 bridgehead atoms. The number of aromatic nitrogens is 1. The minimum absolute atomic E-state index is 0.160. The largest absolute Gasteiger partial charge is 0.496 e. The zero-order valence-electron chi connectivity index (χ0n) is 20.3. The van der Waals surface area contributed by atoms with E-state index in [1.807, 2.05) is 54.3 Å². The number of anilines is 1. The highest BCUT2D eigenvalue weighted by Gasteiger charge is 2.32. The minimum Gasteiger partial charge on any atom is -0.496 e. The van der Waals surface area contributed by atoms with Gasteiger partial charge in [0.2, 0.25) is 0 Å². The molecule has 1 saturated heterocycles. The molecule has 0 spiro atoms. The zero-order valence-corrected chi connectivity index (χ0v) is 20.3. The first-order valence-electron chi connectivity index (χ1n) is 11.7. The van der Waals surface area contributed by atoms with Crippen molar-refractivity contribution in [3.05, 3.63) is 63.8 Å².